The highest BCUT2D eigenvalue weighted by Gasteiger charge is 2.75. The van der Waals surface area contributed by atoms with Gasteiger partial charge in [0.25, 0.3) is 0 Å². The Balaban J connectivity index is 0.000000175. The molecule has 14 aromatic rings. The molecule has 147 heavy (non-hydrogen) atoms. The van der Waals surface area contributed by atoms with Crippen LogP contribution in [0.3, 0.4) is 0 Å². The van der Waals surface area contributed by atoms with E-state index >= 15 is 123 Å². The minimum absolute atomic E-state index is 0.614. The molecule has 17 rings (SSSR count). The standard InChI is InChI=1S/C43H16BF20.C24BF20.2C19H15/c45-22-19(23(46)29(52)34(57)28(22)51)44(20-24(47)30(53)35(58)31(54)25(20)48,21-26(49)32(55)36(59)33(56)27(21)50)43(40(63)38(61)37(60)39(62)41(43)64)42(16-10-4-1-5-11-16,17-12-6-2-7-13-17)18-14-8-3-9-15-18;26-5-1(6(27)14(35)21(42)13(5)34)25(2-7(28)15(36)22(43)16(37)8(2)29,3-9(30)17(38)23(44)18(39)10(3)31)4-11(32)19(40)24(45)20(41)12(4)33;2*1-4-10-16(11-5-1)19(17-12-6-2-7-13-17)18-14-8-3-9-15-18/h1-15,40H;;2*1-15H/q2*-1;2*+1. The maximum Gasteiger partial charge on any atom is 0.200 e. The number of benzene rings is 14. The zero-order chi connectivity index (χ0) is 107. The number of halogens is 40. The summed E-state index contributed by atoms with van der Waals surface area (Å²) in [5, 5.41) is -5.80. The third-order valence-corrected chi connectivity index (χ3v) is 24.6. The third kappa shape index (κ3) is 17.0. The van der Waals surface area contributed by atoms with Crippen LogP contribution < -0.4 is 38.2 Å². The molecule has 0 saturated heterocycles. The molecule has 0 aromatic heterocycles. The van der Waals surface area contributed by atoms with Crippen LogP contribution in [0.2, 0.25) is 5.31 Å². The number of hydrogen-bond acceptors (Lipinski definition) is 0. The predicted octanol–water partition coefficient (Wildman–Crippen LogP) is 27.2. The fourth-order valence-corrected chi connectivity index (χ4v) is 18.8. The van der Waals surface area contributed by atoms with Crippen LogP contribution in [0.15, 0.2) is 295 Å². The van der Waals surface area contributed by atoms with E-state index in [1.165, 1.54) is 44.5 Å². The van der Waals surface area contributed by atoms with E-state index in [1.54, 1.807) is 0 Å². The highest BCUT2D eigenvalue weighted by atomic mass is 19.2. The van der Waals surface area contributed by atoms with E-state index in [4.69, 9.17) is 0 Å². The highest BCUT2D eigenvalue weighted by molar-refractivity contribution is 7.20. The van der Waals surface area contributed by atoms with Crippen molar-refractivity contribution in [3.8, 4) is 0 Å². The van der Waals surface area contributed by atoms with Crippen LogP contribution in [-0.4, -0.2) is 18.5 Å². The molecule has 0 amide bonds. The average molecular weight is 2090 g/mol. The summed E-state index contributed by atoms with van der Waals surface area (Å²) in [6.07, 6.45) is 1.06. The van der Waals surface area contributed by atoms with Crippen molar-refractivity contribution in [3.05, 3.63) is 551 Å². The first-order chi connectivity index (χ1) is 69.7. The van der Waals surface area contributed by atoms with Gasteiger partial charge in [0.2, 0.25) is 0 Å². The van der Waals surface area contributed by atoms with Gasteiger partial charge in [-0.05, 0) is 70.5 Å². The smallest absolute Gasteiger partial charge is 0.200 e. The molecule has 3 aliphatic carbocycles. The monoisotopic (exact) mass is 2090 g/mol. The molecule has 0 spiro atoms. The maximum atomic E-state index is 18.7. The molecule has 0 nitrogen and oxygen atoms in total. The van der Waals surface area contributed by atoms with E-state index in [0.29, 0.717) is 36.4 Å². The fourth-order valence-electron chi connectivity index (χ4n) is 18.8. The van der Waals surface area contributed by atoms with E-state index < -0.39 is 311 Å². The van der Waals surface area contributed by atoms with Crippen molar-refractivity contribution in [2.45, 2.75) is 16.9 Å². The average Bonchev–Trinajstić information content (AvgIpc) is 0.636. The molecule has 0 N–H and O–H groups in total. The SMILES string of the molecule is C1=C[CH+]C(=C(c2ccccc2)c2ccccc2)C=C1.C1=C[CH+]C(=C(c2ccccc2)c2ccccc2)C=C1.FC1=C(F)C(F)C([B-](c2c(F)c(F)c(F)c(F)c2F)(c2c(F)c(F)c(F)c(F)c2F)c2c(F)c(F)c(F)c(F)c2F)(C(c2ccccc2)(c2ccccc2)c2ccccc2)C(F)=C1F.Fc1c(F)c(F)c([B-](c2c(F)c(F)c(F)c(F)c2F)(c2c(F)c(F)c(F)c(F)c2F)c2c(F)c(F)c(F)c(F)c2F)c(F)c1F. The zero-order valence-corrected chi connectivity index (χ0v) is 72.3. The van der Waals surface area contributed by atoms with Gasteiger partial charge in [0, 0.05) is 89.1 Å². The molecule has 0 radical (unpaired) electrons. The van der Waals surface area contributed by atoms with Gasteiger partial charge >= 0.3 is 0 Å². The van der Waals surface area contributed by atoms with Gasteiger partial charge in [-0.3, -0.25) is 0 Å². The molecule has 2 atom stereocenters. The lowest BCUT2D eigenvalue weighted by molar-refractivity contribution is 0.172. The quantitative estimate of drug-likeness (QED) is 0.0226. The van der Waals surface area contributed by atoms with E-state index in [-0.39, 0.29) is 0 Å². The maximum absolute atomic E-state index is 18.7. The highest BCUT2D eigenvalue weighted by Crippen LogP contribution is 2.72. The lowest BCUT2D eigenvalue weighted by Gasteiger charge is -2.67. The van der Waals surface area contributed by atoms with Crippen LogP contribution >= 0.6 is 0 Å². The van der Waals surface area contributed by atoms with E-state index in [1.807, 2.05) is 0 Å². The molecule has 42 heteroatoms. The van der Waals surface area contributed by atoms with Crippen LogP contribution in [0, 0.1) is 216 Å². The van der Waals surface area contributed by atoms with Crippen LogP contribution in [-0.2, 0) is 5.41 Å². The Hall–Kier alpha value is -15.9. The summed E-state index contributed by atoms with van der Waals surface area (Å²) >= 11 is 0. The Morgan fingerprint density at radius 1 is 0.211 bits per heavy atom. The normalized spacial score (nSPS) is 14.5. The van der Waals surface area contributed by atoms with Crippen molar-refractivity contribution < 1.29 is 176 Å². The number of hydrogen-bond donors (Lipinski definition) is 0. The Morgan fingerprint density at radius 2 is 0.388 bits per heavy atom. The molecule has 14 aromatic carbocycles. The van der Waals surface area contributed by atoms with Gasteiger partial charge in [-0.25, -0.2) is 176 Å². The summed E-state index contributed by atoms with van der Waals surface area (Å²) in [7, 11) is 0. The molecule has 0 aliphatic heterocycles. The second kappa shape index (κ2) is 42.0. The van der Waals surface area contributed by atoms with Crippen LogP contribution in [0.5, 0.6) is 0 Å². The van der Waals surface area contributed by atoms with E-state index in [2.05, 4.69) is 183 Å². The summed E-state index contributed by atoms with van der Waals surface area (Å²) in [4.78, 5) is 0. The van der Waals surface area contributed by atoms with Crippen LogP contribution in [0.1, 0.15) is 38.9 Å². The first-order valence-electron chi connectivity index (χ1n) is 41.7. The van der Waals surface area contributed by atoms with Crippen LogP contribution in [0.25, 0.3) is 11.1 Å². The molecule has 2 unspecified atom stereocenters. The molecule has 0 heterocycles. The summed E-state index contributed by atoms with van der Waals surface area (Å²) in [6, 6.07) is 54.0. The van der Waals surface area contributed by atoms with Crippen molar-refractivity contribution in [2.75, 3.05) is 0 Å². The lowest BCUT2D eigenvalue weighted by atomic mass is 9.01. The largest absolute Gasteiger partial charge is 0.242 e. The van der Waals surface area contributed by atoms with Gasteiger partial charge in [0.15, 0.2) is 140 Å². The van der Waals surface area contributed by atoms with Gasteiger partial charge in [-0.15, -0.1) is 38.2 Å². The van der Waals surface area contributed by atoms with Crippen LogP contribution in [0.4, 0.5) is 176 Å². The van der Waals surface area contributed by atoms with Crippen molar-refractivity contribution in [1.82, 2.24) is 0 Å². The van der Waals surface area contributed by atoms with Gasteiger partial charge in [-0.1, -0.05) is 164 Å². The van der Waals surface area contributed by atoms with Crippen molar-refractivity contribution in [2.24, 2.45) is 0 Å². The second-order valence-electron chi connectivity index (χ2n) is 31.9. The minimum atomic E-state index is -7.70. The summed E-state index contributed by atoms with van der Waals surface area (Å²) < 4.78 is 624. The third-order valence-electron chi connectivity index (χ3n) is 24.6. The van der Waals surface area contributed by atoms with Gasteiger partial charge in [0.1, 0.15) is 117 Å². The van der Waals surface area contributed by atoms with E-state index in [0.717, 1.165) is 54.6 Å². The zero-order valence-electron chi connectivity index (χ0n) is 72.3. The Kier molecular flexibility index (Phi) is 30.5. The topological polar surface area (TPSA) is 0 Å². The summed E-state index contributed by atoms with van der Waals surface area (Å²) in [5.41, 5.74) is -22.6. The number of alkyl halides is 1. The van der Waals surface area contributed by atoms with Crippen molar-refractivity contribution >= 4 is 61.7 Å². The summed E-state index contributed by atoms with van der Waals surface area (Å²) in [5.74, 6) is -139. The second-order valence-corrected chi connectivity index (χ2v) is 31.9. The minimum Gasteiger partial charge on any atom is -0.242 e. The van der Waals surface area contributed by atoms with Gasteiger partial charge in [-0.2, -0.15) is 0 Å². The Labute approximate surface area is 801 Å². The summed E-state index contributed by atoms with van der Waals surface area (Å²) in [6.45, 7) is 0. The first-order valence-corrected chi connectivity index (χ1v) is 41.7. The number of allylic oxidation sites excluding steroid dienone is 14. The molecule has 0 saturated carbocycles. The Morgan fingerprint density at radius 3 is 0.571 bits per heavy atom. The fraction of sp³-hybridized carbons (Fsp3) is 0.0286. The Bertz CT molecular complexity index is 6920. The first kappa shape index (κ1) is 107. The molecule has 3 aliphatic rings. The molecule has 0 fully saturated rings. The predicted molar refractivity (Wildman–Crippen MR) is 461 cm³/mol. The number of rotatable bonds is 16. The molecular formula is C105H46B2F40. The van der Waals surface area contributed by atoms with Crippen molar-refractivity contribution in [3.63, 3.8) is 0 Å². The molecule has 752 valence electrons. The van der Waals surface area contributed by atoms with Gasteiger partial charge in [0.05, 0.1) is 11.1 Å². The van der Waals surface area contributed by atoms with E-state index in [9.17, 15) is 52.7 Å². The molecule has 0 bridgehead atoms. The molecular weight excluding hydrogens is 2040 g/mol. The van der Waals surface area contributed by atoms with Gasteiger partial charge < -0.3 is 0 Å². The van der Waals surface area contributed by atoms with Crippen molar-refractivity contribution in [1.29, 1.82) is 0 Å². The lowest BCUT2D eigenvalue weighted by Crippen LogP contribution is -2.84.